The zero-order valence-corrected chi connectivity index (χ0v) is 6.97. The van der Waals surface area contributed by atoms with Gasteiger partial charge in [0.2, 0.25) is 0 Å². The molecule has 0 heterocycles. The van der Waals surface area contributed by atoms with E-state index >= 15 is 0 Å². The second-order valence-corrected chi connectivity index (χ2v) is 2.81. The molecule has 0 aliphatic carbocycles. The van der Waals surface area contributed by atoms with Crippen molar-refractivity contribution < 1.29 is 9.53 Å². The van der Waals surface area contributed by atoms with Crippen LogP contribution in [0.1, 0.15) is 20.8 Å². The summed E-state index contributed by atoms with van der Waals surface area (Å²) in [6, 6.07) is 0. The maximum atomic E-state index is 10.2. The fraction of sp³-hybridized carbons (Fsp3) is 0.625. The summed E-state index contributed by atoms with van der Waals surface area (Å²) in [5.74, 6) is 0. The Labute approximate surface area is 61.9 Å². The van der Waals surface area contributed by atoms with Crippen molar-refractivity contribution >= 4 is 6.29 Å². The number of hydrogen-bond donors (Lipinski definition) is 0. The van der Waals surface area contributed by atoms with Crippen LogP contribution in [0.3, 0.4) is 0 Å². The third-order valence-corrected chi connectivity index (χ3v) is 1.29. The predicted molar refractivity (Wildman–Crippen MR) is 40.9 cm³/mol. The molecule has 0 spiro atoms. The second-order valence-electron chi connectivity index (χ2n) is 2.81. The van der Waals surface area contributed by atoms with E-state index in [0.717, 1.165) is 6.29 Å². The molecule has 0 aliphatic rings. The van der Waals surface area contributed by atoms with E-state index < -0.39 is 0 Å². The van der Waals surface area contributed by atoms with Gasteiger partial charge in [0.05, 0.1) is 5.60 Å². The van der Waals surface area contributed by atoms with Gasteiger partial charge in [0, 0.05) is 7.11 Å². The minimum absolute atomic E-state index is 0.328. The predicted octanol–water partition coefficient (Wildman–Crippen LogP) is 1.56. The molecule has 0 aromatic carbocycles. The van der Waals surface area contributed by atoms with Crippen molar-refractivity contribution in [1.29, 1.82) is 0 Å². The first-order chi connectivity index (χ1) is 4.52. The summed E-state index contributed by atoms with van der Waals surface area (Å²) in [5, 5.41) is 0. The zero-order chi connectivity index (χ0) is 8.20. The Morgan fingerprint density at radius 3 is 2.30 bits per heavy atom. The molecule has 0 saturated carbocycles. The average Bonchev–Trinajstić information content (AvgIpc) is 1.87. The number of ether oxygens (including phenoxy) is 1. The Kier molecular flexibility index (Phi) is 3.30. The van der Waals surface area contributed by atoms with Crippen molar-refractivity contribution in [3.05, 3.63) is 11.6 Å². The van der Waals surface area contributed by atoms with Crippen LogP contribution < -0.4 is 0 Å². The van der Waals surface area contributed by atoms with Crippen LogP contribution >= 0.6 is 0 Å². The molecule has 0 bridgehead atoms. The molecule has 0 saturated heterocycles. The Balaban J connectivity index is 4.22. The summed E-state index contributed by atoms with van der Waals surface area (Å²) in [6.45, 7) is 5.56. The van der Waals surface area contributed by atoms with Gasteiger partial charge in [-0.1, -0.05) is 0 Å². The first-order valence-corrected chi connectivity index (χ1v) is 3.21. The van der Waals surface area contributed by atoms with Gasteiger partial charge in [-0.3, -0.25) is 4.79 Å². The lowest BCUT2D eigenvalue weighted by atomic mass is 10.1. The van der Waals surface area contributed by atoms with E-state index in [1.807, 2.05) is 13.8 Å². The lowest BCUT2D eigenvalue weighted by Gasteiger charge is -2.17. The van der Waals surface area contributed by atoms with Gasteiger partial charge >= 0.3 is 0 Å². The van der Waals surface area contributed by atoms with Crippen molar-refractivity contribution in [2.75, 3.05) is 7.11 Å². The Hall–Kier alpha value is -0.630. The van der Waals surface area contributed by atoms with Gasteiger partial charge in [0.1, 0.15) is 6.29 Å². The highest BCUT2D eigenvalue weighted by Crippen LogP contribution is 2.10. The monoisotopic (exact) mass is 142 g/mol. The second kappa shape index (κ2) is 3.52. The van der Waals surface area contributed by atoms with Crippen molar-refractivity contribution in [1.82, 2.24) is 0 Å². The highest BCUT2D eigenvalue weighted by molar-refractivity contribution is 5.72. The molecule has 0 aromatic rings. The number of hydrogen-bond acceptors (Lipinski definition) is 2. The molecule has 0 aromatic heterocycles. The largest absolute Gasteiger partial charge is 0.375 e. The number of allylic oxidation sites excluding steroid dienone is 1. The Morgan fingerprint density at radius 1 is 1.50 bits per heavy atom. The van der Waals surface area contributed by atoms with E-state index in [4.69, 9.17) is 4.74 Å². The molecule has 0 amide bonds. The topological polar surface area (TPSA) is 26.3 Å². The quantitative estimate of drug-likeness (QED) is 0.441. The molecule has 2 nitrogen and oxygen atoms in total. The summed E-state index contributed by atoms with van der Waals surface area (Å²) >= 11 is 0. The van der Waals surface area contributed by atoms with Crippen molar-refractivity contribution in [3.8, 4) is 0 Å². The molecule has 10 heavy (non-hydrogen) atoms. The normalized spacial score (nSPS) is 13.4. The first kappa shape index (κ1) is 9.37. The molecule has 0 N–H and O–H groups in total. The van der Waals surface area contributed by atoms with Gasteiger partial charge in [0.25, 0.3) is 0 Å². The van der Waals surface area contributed by atoms with Crippen molar-refractivity contribution in [2.24, 2.45) is 0 Å². The van der Waals surface area contributed by atoms with Crippen LogP contribution in [0.15, 0.2) is 11.6 Å². The fourth-order valence-corrected chi connectivity index (χ4v) is 0.641. The van der Waals surface area contributed by atoms with Gasteiger partial charge in [-0.25, -0.2) is 0 Å². The molecule has 0 fully saturated rings. The molecular weight excluding hydrogens is 128 g/mol. The fourth-order valence-electron chi connectivity index (χ4n) is 0.641. The first-order valence-electron chi connectivity index (χ1n) is 3.21. The highest BCUT2D eigenvalue weighted by Gasteiger charge is 2.11. The van der Waals surface area contributed by atoms with Crippen LogP contribution in [-0.2, 0) is 9.53 Å². The summed E-state index contributed by atoms with van der Waals surface area (Å²) in [6.07, 6.45) is 2.61. The average molecular weight is 142 g/mol. The summed E-state index contributed by atoms with van der Waals surface area (Å²) in [4.78, 5) is 10.2. The minimum Gasteiger partial charge on any atom is -0.375 e. The standard InChI is InChI=1S/C8H14O2/c1-7(6-9)5-8(2,3)10-4/h5-6H,1-4H3. The van der Waals surface area contributed by atoms with Gasteiger partial charge < -0.3 is 4.74 Å². The minimum atomic E-state index is -0.328. The molecule has 0 atom stereocenters. The third-order valence-electron chi connectivity index (χ3n) is 1.29. The Morgan fingerprint density at radius 2 is 2.00 bits per heavy atom. The van der Waals surface area contributed by atoms with Crippen LogP contribution in [-0.4, -0.2) is 19.0 Å². The number of rotatable bonds is 3. The molecule has 2 heteroatoms. The van der Waals surface area contributed by atoms with Crippen LogP contribution in [0.2, 0.25) is 0 Å². The number of methoxy groups -OCH3 is 1. The van der Waals surface area contributed by atoms with Gasteiger partial charge in [-0.15, -0.1) is 0 Å². The lowest BCUT2D eigenvalue weighted by Crippen LogP contribution is -2.19. The smallest absolute Gasteiger partial charge is 0.145 e. The van der Waals surface area contributed by atoms with Crippen molar-refractivity contribution in [3.63, 3.8) is 0 Å². The molecular formula is C8H14O2. The molecule has 0 unspecified atom stereocenters. The van der Waals surface area contributed by atoms with Crippen molar-refractivity contribution in [2.45, 2.75) is 26.4 Å². The van der Waals surface area contributed by atoms with E-state index in [9.17, 15) is 4.79 Å². The SMILES string of the molecule is COC(C)(C)C=C(C)C=O. The summed E-state index contributed by atoms with van der Waals surface area (Å²) in [7, 11) is 1.62. The van der Waals surface area contributed by atoms with E-state index in [1.165, 1.54) is 0 Å². The number of carbonyl (C=O) groups excluding carboxylic acids is 1. The molecule has 58 valence electrons. The van der Waals surface area contributed by atoms with E-state index in [0.29, 0.717) is 5.57 Å². The zero-order valence-electron chi connectivity index (χ0n) is 6.97. The summed E-state index contributed by atoms with van der Waals surface area (Å²) < 4.78 is 5.07. The number of aldehydes is 1. The van der Waals surface area contributed by atoms with E-state index in [-0.39, 0.29) is 5.60 Å². The maximum absolute atomic E-state index is 10.2. The van der Waals surface area contributed by atoms with Crippen LogP contribution in [0, 0.1) is 0 Å². The molecule has 0 rings (SSSR count). The van der Waals surface area contributed by atoms with E-state index in [2.05, 4.69) is 0 Å². The van der Waals surface area contributed by atoms with Crippen LogP contribution in [0.5, 0.6) is 0 Å². The van der Waals surface area contributed by atoms with Crippen LogP contribution in [0.25, 0.3) is 0 Å². The molecule has 0 aliphatic heterocycles. The summed E-state index contributed by atoms with van der Waals surface area (Å²) in [5.41, 5.74) is 0.372. The number of carbonyl (C=O) groups is 1. The van der Waals surface area contributed by atoms with E-state index in [1.54, 1.807) is 20.1 Å². The lowest BCUT2D eigenvalue weighted by molar-refractivity contribution is -0.105. The molecule has 0 radical (unpaired) electrons. The maximum Gasteiger partial charge on any atom is 0.145 e. The highest BCUT2D eigenvalue weighted by atomic mass is 16.5. The van der Waals surface area contributed by atoms with Crippen LogP contribution in [0.4, 0.5) is 0 Å². The van der Waals surface area contributed by atoms with Gasteiger partial charge in [0.15, 0.2) is 0 Å². The van der Waals surface area contributed by atoms with Gasteiger partial charge in [-0.2, -0.15) is 0 Å². The Bertz CT molecular complexity index is 145. The van der Waals surface area contributed by atoms with Gasteiger partial charge in [-0.05, 0) is 32.4 Å². The third kappa shape index (κ3) is 3.41.